The molecule has 5 aliphatic heterocycles. The summed E-state index contributed by atoms with van der Waals surface area (Å²) >= 11 is 0. The first-order valence-corrected chi connectivity index (χ1v) is 37.9. The zero-order valence-electron chi connectivity index (χ0n) is 81.0. The molecule has 5 aromatic carbocycles. The van der Waals surface area contributed by atoms with Crippen molar-refractivity contribution in [3.63, 3.8) is 0 Å². The fraction of sp³-hybridized carbons (Fsp3) is 0.301. The molecule has 0 amide bonds. The minimum Gasteiger partial charge on any atom is -0.435 e. The molecular weight excluding hydrogens is 1410 g/mol. The molecule has 0 spiro atoms. The van der Waals surface area contributed by atoms with Gasteiger partial charge in [0, 0.05) is 199 Å². The predicted octanol–water partition coefficient (Wildman–Crippen LogP) is 22.2. The molecule has 578 valence electrons. The lowest BCUT2D eigenvalue weighted by molar-refractivity contribution is 0.221. The molecule has 0 N–H and O–H groups in total. The second kappa shape index (κ2) is 29.7. The summed E-state index contributed by atoms with van der Waals surface area (Å²) in [5.41, 5.74) is 15.7. The van der Waals surface area contributed by atoms with Crippen LogP contribution in [0.25, 0.3) is 110 Å². The number of rotatable bonds is 8. The highest BCUT2D eigenvalue weighted by atomic mass is 16.4. The van der Waals surface area contributed by atoms with Gasteiger partial charge in [0.25, 0.3) is 0 Å². The van der Waals surface area contributed by atoms with Crippen molar-refractivity contribution in [1.29, 1.82) is 0 Å². The van der Waals surface area contributed by atoms with Crippen LogP contribution < -0.4 is 24.5 Å². The lowest BCUT2D eigenvalue weighted by atomic mass is 9.96. The Balaban J connectivity index is 0.000000118. The van der Waals surface area contributed by atoms with Crippen molar-refractivity contribution in [2.24, 2.45) is 5.41 Å². The van der Waals surface area contributed by atoms with Gasteiger partial charge in [-0.1, -0.05) is 81.3 Å². The Morgan fingerprint density at radius 2 is 0.690 bits per heavy atom. The van der Waals surface area contributed by atoms with E-state index in [1.807, 2.05) is 218 Å². The predicted molar refractivity (Wildman–Crippen MR) is 462 cm³/mol. The third-order valence-electron chi connectivity index (χ3n) is 21.8. The summed E-state index contributed by atoms with van der Waals surface area (Å²) in [5, 5.41) is 9.86. The van der Waals surface area contributed by atoms with Gasteiger partial charge in [-0.2, -0.15) is 0 Å². The molecular formula is C93H101N15O5. The van der Waals surface area contributed by atoms with E-state index in [0.717, 1.165) is 138 Å². The van der Waals surface area contributed by atoms with Gasteiger partial charge >= 0.3 is 0 Å². The standard InChI is InChI=1S/C21H25N3O.C19H21N3O.2C18H19N3O.C17H17N3O/c1-14-8-9-16-17-7-6-10-22-20(17)25-19(16)18(14)24-12-11-23(15(24)2)13-21(3,4)5;1-12(2)21-10-11-22(14(21)4)17-13(3)7-8-15-16-6-5-9-20-19(16)23-18(15)17;1-11-5-7-14-15-8-6-12(2)19-18(15)22-17(14)16(11)21-10-9-20(4)13(21)3;1-4-20-10-11-21(13(20)3)16-12(2)7-8-14-15-6-5-9-19-18(15)22-17(14)16;1-11-6-7-13-14-5-4-8-18-17(14)21-16(13)15(11)20-10-9-19(3)12(20)2/h6-12,15H,13H2,1-5H3;5-12,14H,1-4H3;5-10,13H,1-4H3;5-11,13H,4H2,1-3H3;4-10,12H,1-3H3/t15-;14-;2*13-;12-/m00000/s1/i3D3,4D3;12D;4D3;4D2;3D3. The fourth-order valence-corrected chi connectivity index (χ4v) is 15.9. The summed E-state index contributed by atoms with van der Waals surface area (Å²) < 4.78 is 148. The van der Waals surface area contributed by atoms with Crippen LogP contribution in [-0.4, -0.2) is 113 Å². The minimum absolute atomic E-state index is 0.0444. The van der Waals surface area contributed by atoms with Gasteiger partial charge in [0.1, 0.15) is 30.8 Å². The number of hydrogen-bond donors (Lipinski definition) is 0. The summed E-state index contributed by atoms with van der Waals surface area (Å²) in [5.74, 6) is 0. The molecule has 0 unspecified atom stereocenters. The van der Waals surface area contributed by atoms with E-state index in [4.69, 9.17) is 42.6 Å². The van der Waals surface area contributed by atoms with Crippen LogP contribution in [-0.2, 0) is 0 Å². The Bertz CT molecular complexity index is 6560. The van der Waals surface area contributed by atoms with Crippen molar-refractivity contribution in [1.82, 2.24) is 49.4 Å². The first-order chi connectivity index (χ1) is 60.2. The Hall–Kier alpha value is -12.5. The van der Waals surface area contributed by atoms with Crippen molar-refractivity contribution in [3.8, 4) is 0 Å². The highest BCUT2D eigenvalue weighted by molar-refractivity contribution is 6.13. The van der Waals surface area contributed by atoms with E-state index in [1.54, 1.807) is 78.7 Å². The molecule has 113 heavy (non-hydrogen) atoms. The Morgan fingerprint density at radius 3 is 1.02 bits per heavy atom. The monoisotopic (exact) mass is 1520 g/mol. The summed E-state index contributed by atoms with van der Waals surface area (Å²) in [4.78, 5) is 40.1. The molecule has 5 atom stereocenters. The largest absolute Gasteiger partial charge is 0.435 e. The second-order valence-corrected chi connectivity index (χ2v) is 29.8. The third kappa shape index (κ3) is 13.4. The highest BCUT2D eigenvalue weighted by Crippen LogP contribution is 2.46. The van der Waals surface area contributed by atoms with Crippen LogP contribution in [0.1, 0.15) is 130 Å². The fourth-order valence-electron chi connectivity index (χ4n) is 15.9. The zero-order chi connectivity index (χ0) is 91.9. The van der Waals surface area contributed by atoms with Crippen LogP contribution >= 0.6 is 0 Å². The summed E-state index contributed by atoms with van der Waals surface area (Å²) in [6, 6.07) is 39.3. The van der Waals surface area contributed by atoms with E-state index in [2.05, 4.69) is 72.8 Å². The Kier molecular flexibility index (Phi) is 15.3. The van der Waals surface area contributed by atoms with Crippen molar-refractivity contribution < 1.29 is 42.6 Å². The van der Waals surface area contributed by atoms with Gasteiger partial charge in [-0.05, 0) is 191 Å². The normalized spacial score (nSPS) is 20.7. The summed E-state index contributed by atoms with van der Waals surface area (Å²) in [7, 11) is 0. The molecule has 5 aliphatic rings. The number of benzene rings is 5. The molecule has 0 aliphatic carbocycles. The van der Waals surface area contributed by atoms with Gasteiger partial charge in [-0.3, -0.25) is 0 Å². The average molecular weight is 1520 g/mol. The van der Waals surface area contributed by atoms with Gasteiger partial charge in [-0.25, -0.2) is 24.9 Å². The van der Waals surface area contributed by atoms with Crippen LogP contribution in [0.4, 0.5) is 28.4 Å². The zero-order valence-corrected chi connectivity index (χ0v) is 66.0. The van der Waals surface area contributed by atoms with E-state index in [9.17, 15) is 0 Å². The number of anilines is 5. The van der Waals surface area contributed by atoms with Crippen molar-refractivity contribution >= 4 is 139 Å². The number of nitrogens with zero attached hydrogens (tertiary/aromatic N) is 15. The summed E-state index contributed by atoms with van der Waals surface area (Å²) in [6.45, 7) is 17.3. The molecule has 20 heteroatoms. The first-order valence-electron chi connectivity index (χ1n) is 45.4. The highest BCUT2D eigenvalue weighted by Gasteiger charge is 2.34. The lowest BCUT2D eigenvalue weighted by Gasteiger charge is -2.34. The van der Waals surface area contributed by atoms with E-state index < -0.39 is 45.6 Å². The van der Waals surface area contributed by atoms with E-state index in [1.165, 1.54) is 16.7 Å². The topological polar surface area (TPSA) is 163 Å². The maximum atomic E-state index is 8.33. The maximum Gasteiger partial charge on any atom is 0.227 e. The molecule has 0 radical (unpaired) electrons. The number of pyridine rings is 5. The van der Waals surface area contributed by atoms with Crippen LogP contribution in [0.5, 0.6) is 0 Å². The molecule has 0 saturated carbocycles. The Labute approximate surface area is 681 Å². The number of hydrogen-bond acceptors (Lipinski definition) is 20. The molecule has 0 saturated heterocycles. The maximum absolute atomic E-state index is 8.33. The van der Waals surface area contributed by atoms with Gasteiger partial charge < -0.3 is 71.1 Å². The Morgan fingerprint density at radius 1 is 0.381 bits per heavy atom. The average Bonchev–Trinajstić information content (AvgIpc) is 1.72. The molecule has 0 bridgehead atoms. The number of aryl methyl sites for hydroxylation is 6. The lowest BCUT2D eigenvalue weighted by Crippen LogP contribution is -2.40. The van der Waals surface area contributed by atoms with Crippen LogP contribution in [0.2, 0.25) is 0 Å². The molecule has 10 aromatic heterocycles. The molecule has 20 nitrogen and oxygen atoms in total. The van der Waals surface area contributed by atoms with E-state index in [-0.39, 0.29) is 37.4 Å². The van der Waals surface area contributed by atoms with E-state index in [0.29, 0.717) is 34.2 Å². The van der Waals surface area contributed by atoms with Crippen LogP contribution in [0, 0.1) is 47.0 Å². The first kappa shape index (κ1) is 58.5. The van der Waals surface area contributed by atoms with Crippen molar-refractivity contribution in [3.05, 3.63) is 242 Å². The quantitative estimate of drug-likeness (QED) is 0.141. The van der Waals surface area contributed by atoms with E-state index >= 15 is 0 Å². The molecule has 15 aromatic rings. The van der Waals surface area contributed by atoms with Crippen molar-refractivity contribution in [2.45, 2.75) is 154 Å². The van der Waals surface area contributed by atoms with Gasteiger partial charge in [0.2, 0.25) is 28.6 Å². The third-order valence-corrected chi connectivity index (χ3v) is 21.8. The molecule has 20 rings (SSSR count). The molecule has 0 fully saturated rings. The number of aromatic nitrogens is 5. The number of fused-ring (bicyclic) bond motifs is 15. The number of furan rings is 5. The van der Waals surface area contributed by atoms with Crippen LogP contribution in [0.3, 0.4) is 0 Å². The van der Waals surface area contributed by atoms with Crippen LogP contribution in [0.15, 0.2) is 230 Å². The SMILES string of the molecule is [2H]C(C)(C)N1C=CN(c2c(C)ccc3c2oc2ncccc23)[C@H]1C.[2H]C([2H])(C)N1C=CN(c2c(C)ccc3c2oc2ncccc23)[C@H]1C.[2H]C([2H])([2H])C(C)(CN1C=CN(c2c(C)ccc3c2oc2ncccc23)[C@H]1C)C([2H])([2H])[2H].[2H]C([2H])([2H])N1C=CN(c2c(C)ccc3c2oc2nc(C)ccc23)[C@H]1C.[2H]C([2H])([2H])N1C=CN(c2c(C)ccc3c2oc2ncccc23)[C@H]1C. The second-order valence-electron chi connectivity index (χ2n) is 29.8. The smallest absolute Gasteiger partial charge is 0.227 e. The van der Waals surface area contributed by atoms with Gasteiger partial charge in [0.15, 0.2) is 27.9 Å². The van der Waals surface area contributed by atoms with Crippen molar-refractivity contribution in [2.75, 3.05) is 51.5 Å². The van der Waals surface area contributed by atoms with Gasteiger partial charge in [0.05, 0.1) is 29.8 Å². The summed E-state index contributed by atoms with van der Waals surface area (Å²) in [6.07, 6.45) is 23.9. The molecule has 15 heterocycles. The van der Waals surface area contributed by atoms with Gasteiger partial charge in [-0.15, -0.1) is 0 Å². The minimum atomic E-state index is -2.64.